The number of aromatic nitrogens is 1. The van der Waals surface area contributed by atoms with Gasteiger partial charge in [0.1, 0.15) is 5.75 Å². The zero-order chi connectivity index (χ0) is 22.5. The van der Waals surface area contributed by atoms with Crippen LogP contribution in [-0.4, -0.2) is 40.0 Å². The van der Waals surface area contributed by atoms with E-state index in [1.54, 1.807) is 37.3 Å². The normalized spacial score (nSPS) is 10.8. The van der Waals surface area contributed by atoms with Gasteiger partial charge in [-0.2, -0.15) is 0 Å². The average Bonchev–Trinajstić information content (AvgIpc) is 3.03. The molecule has 1 heterocycles. The SMILES string of the molecule is Cc1[nH]c2ccc(O)c(C(=O)c3ccc(Cl)cc3)c2c1CC(=O)NCCCO[N+](=O)[O-]. The van der Waals surface area contributed by atoms with Crippen molar-refractivity contribution < 1.29 is 24.6 Å². The molecule has 0 aliphatic rings. The standard InChI is InChI=1S/C21H20ClN3O6/c1-12-15(11-18(27)23-9-2-10-31-25(29)30)19-16(24-12)7-8-17(26)20(19)21(28)13-3-5-14(22)6-4-13/h3-8,24,26H,2,9-11H2,1H3,(H,23,27). The molecule has 1 amide bonds. The number of ketones is 1. The number of fused-ring (bicyclic) bond motifs is 1. The van der Waals surface area contributed by atoms with Crippen LogP contribution in [0.5, 0.6) is 5.75 Å². The van der Waals surface area contributed by atoms with E-state index in [9.17, 15) is 24.8 Å². The summed E-state index contributed by atoms with van der Waals surface area (Å²) in [5, 5.41) is 23.4. The Hall–Kier alpha value is -3.59. The van der Waals surface area contributed by atoms with Gasteiger partial charge in [-0.25, -0.2) is 0 Å². The molecule has 3 N–H and O–H groups in total. The molecule has 1 aromatic heterocycles. The quantitative estimate of drug-likeness (QED) is 0.200. The molecular formula is C21H20ClN3O6. The minimum Gasteiger partial charge on any atom is -0.507 e. The molecular weight excluding hydrogens is 426 g/mol. The molecule has 10 heteroatoms. The van der Waals surface area contributed by atoms with E-state index in [-0.39, 0.29) is 43.2 Å². The van der Waals surface area contributed by atoms with E-state index >= 15 is 0 Å². The lowest BCUT2D eigenvalue weighted by atomic mass is 9.95. The minimum atomic E-state index is -0.886. The number of phenols is 1. The Labute approximate surface area is 182 Å². The van der Waals surface area contributed by atoms with E-state index < -0.39 is 10.9 Å². The number of hydrogen-bond acceptors (Lipinski definition) is 6. The molecule has 0 atom stereocenters. The monoisotopic (exact) mass is 445 g/mol. The second-order valence-corrected chi connectivity index (χ2v) is 7.32. The van der Waals surface area contributed by atoms with E-state index in [0.717, 1.165) is 0 Å². The molecule has 3 aromatic rings. The van der Waals surface area contributed by atoms with Crippen LogP contribution in [0.4, 0.5) is 0 Å². The fraction of sp³-hybridized carbons (Fsp3) is 0.238. The third-order valence-electron chi connectivity index (χ3n) is 4.77. The zero-order valence-corrected chi connectivity index (χ0v) is 17.4. The first-order chi connectivity index (χ1) is 14.8. The number of rotatable bonds is 9. The third kappa shape index (κ3) is 5.13. The predicted molar refractivity (Wildman–Crippen MR) is 114 cm³/mol. The van der Waals surface area contributed by atoms with Gasteiger partial charge in [0.25, 0.3) is 5.09 Å². The van der Waals surface area contributed by atoms with Gasteiger partial charge in [-0.1, -0.05) is 11.6 Å². The van der Waals surface area contributed by atoms with Crippen molar-refractivity contribution in [1.82, 2.24) is 10.3 Å². The molecule has 3 rings (SSSR count). The van der Waals surface area contributed by atoms with Crippen molar-refractivity contribution >= 4 is 34.2 Å². The van der Waals surface area contributed by atoms with Gasteiger partial charge in [0, 0.05) is 33.7 Å². The second-order valence-electron chi connectivity index (χ2n) is 6.88. The molecule has 0 saturated heterocycles. The number of phenolic OH excluding ortho intramolecular Hbond substituents is 1. The molecule has 0 saturated carbocycles. The Kier molecular flexibility index (Phi) is 6.76. The number of nitrogens with one attached hydrogen (secondary N) is 2. The minimum absolute atomic E-state index is 0.0354. The lowest BCUT2D eigenvalue weighted by molar-refractivity contribution is -0.757. The molecule has 0 aliphatic carbocycles. The number of aryl methyl sites for hydroxylation is 1. The Morgan fingerprint density at radius 1 is 1.23 bits per heavy atom. The number of carbonyl (C=O) groups excluding carboxylic acids is 2. The summed E-state index contributed by atoms with van der Waals surface area (Å²) in [7, 11) is 0. The van der Waals surface area contributed by atoms with Crippen molar-refractivity contribution in [2.45, 2.75) is 19.8 Å². The van der Waals surface area contributed by atoms with Crippen LogP contribution < -0.4 is 5.32 Å². The molecule has 9 nitrogen and oxygen atoms in total. The lowest BCUT2D eigenvalue weighted by Crippen LogP contribution is -2.27. The summed E-state index contributed by atoms with van der Waals surface area (Å²) >= 11 is 5.90. The highest BCUT2D eigenvalue weighted by Crippen LogP contribution is 2.34. The van der Waals surface area contributed by atoms with Gasteiger partial charge in [0.2, 0.25) is 5.91 Å². The van der Waals surface area contributed by atoms with Crippen LogP contribution in [-0.2, 0) is 16.1 Å². The van der Waals surface area contributed by atoms with E-state index in [2.05, 4.69) is 15.1 Å². The average molecular weight is 446 g/mol. The van der Waals surface area contributed by atoms with E-state index in [0.29, 0.717) is 32.7 Å². The summed E-state index contributed by atoms with van der Waals surface area (Å²) in [6.45, 7) is 1.87. The first-order valence-corrected chi connectivity index (χ1v) is 9.83. The number of carbonyl (C=O) groups is 2. The Balaban J connectivity index is 1.87. The van der Waals surface area contributed by atoms with E-state index in [1.165, 1.54) is 6.07 Å². The van der Waals surface area contributed by atoms with Crippen molar-refractivity contribution in [3.8, 4) is 5.75 Å². The molecule has 31 heavy (non-hydrogen) atoms. The molecule has 0 unspecified atom stereocenters. The van der Waals surface area contributed by atoms with E-state index in [1.807, 2.05) is 0 Å². The summed E-state index contributed by atoms with van der Waals surface area (Å²) in [5.41, 5.74) is 2.35. The van der Waals surface area contributed by atoms with Crippen LogP contribution in [0.1, 0.15) is 33.6 Å². The van der Waals surface area contributed by atoms with Crippen molar-refractivity contribution in [3.63, 3.8) is 0 Å². The number of halogens is 1. The van der Waals surface area contributed by atoms with Crippen LogP contribution >= 0.6 is 11.6 Å². The van der Waals surface area contributed by atoms with Gasteiger partial charge in [-0.3, -0.25) is 9.59 Å². The summed E-state index contributed by atoms with van der Waals surface area (Å²) in [6, 6.07) is 9.40. The predicted octanol–water partition coefficient (Wildman–Crippen LogP) is 3.32. The summed E-state index contributed by atoms with van der Waals surface area (Å²) < 4.78 is 0. The van der Waals surface area contributed by atoms with Gasteiger partial charge in [0.05, 0.1) is 18.6 Å². The van der Waals surface area contributed by atoms with Crippen molar-refractivity contribution in [1.29, 1.82) is 0 Å². The van der Waals surface area contributed by atoms with E-state index in [4.69, 9.17) is 11.6 Å². The van der Waals surface area contributed by atoms with Crippen LogP contribution in [0.25, 0.3) is 10.9 Å². The largest absolute Gasteiger partial charge is 0.507 e. The first-order valence-electron chi connectivity index (χ1n) is 9.45. The van der Waals surface area contributed by atoms with Gasteiger partial charge in [-0.05, 0) is 55.3 Å². The number of H-pyrrole nitrogens is 1. The summed E-state index contributed by atoms with van der Waals surface area (Å²) in [5.74, 6) is -0.902. The van der Waals surface area contributed by atoms with Crippen molar-refractivity contribution in [2.75, 3.05) is 13.2 Å². The number of nitrogens with zero attached hydrogens (tertiary/aromatic N) is 1. The van der Waals surface area contributed by atoms with Crippen LogP contribution in [0.15, 0.2) is 36.4 Å². The fourth-order valence-electron chi connectivity index (χ4n) is 3.33. The number of aromatic amines is 1. The van der Waals surface area contributed by atoms with Gasteiger partial charge >= 0.3 is 0 Å². The number of amides is 1. The number of benzene rings is 2. The molecule has 0 radical (unpaired) electrons. The summed E-state index contributed by atoms with van der Waals surface area (Å²) in [4.78, 5) is 43.1. The second kappa shape index (κ2) is 9.48. The van der Waals surface area contributed by atoms with Crippen molar-refractivity contribution in [2.24, 2.45) is 0 Å². The van der Waals surface area contributed by atoms with Crippen LogP contribution in [0.2, 0.25) is 5.02 Å². The molecule has 0 fully saturated rings. The maximum absolute atomic E-state index is 13.2. The van der Waals surface area contributed by atoms with Gasteiger partial charge in [0.15, 0.2) is 5.78 Å². The molecule has 0 spiro atoms. The Bertz CT molecular complexity index is 1140. The first kappa shape index (κ1) is 22.1. The van der Waals surface area contributed by atoms with Crippen LogP contribution in [0, 0.1) is 17.0 Å². The highest BCUT2D eigenvalue weighted by Gasteiger charge is 2.23. The topological polar surface area (TPSA) is 135 Å². The molecule has 0 bridgehead atoms. The Morgan fingerprint density at radius 3 is 2.61 bits per heavy atom. The van der Waals surface area contributed by atoms with Gasteiger partial charge < -0.3 is 20.2 Å². The zero-order valence-electron chi connectivity index (χ0n) is 16.6. The highest BCUT2D eigenvalue weighted by atomic mass is 35.5. The maximum atomic E-state index is 13.2. The maximum Gasteiger partial charge on any atom is 0.294 e. The Morgan fingerprint density at radius 2 is 1.94 bits per heavy atom. The number of hydrogen-bond donors (Lipinski definition) is 3. The van der Waals surface area contributed by atoms with Gasteiger partial charge in [-0.15, -0.1) is 10.1 Å². The summed E-state index contributed by atoms with van der Waals surface area (Å²) in [6.07, 6.45) is 0.243. The van der Waals surface area contributed by atoms with Crippen LogP contribution in [0.3, 0.4) is 0 Å². The smallest absolute Gasteiger partial charge is 0.294 e. The lowest BCUT2D eigenvalue weighted by Gasteiger charge is -2.10. The molecule has 162 valence electrons. The highest BCUT2D eigenvalue weighted by molar-refractivity contribution is 6.30. The fourth-order valence-corrected chi connectivity index (χ4v) is 3.46. The third-order valence-corrected chi connectivity index (χ3v) is 5.02. The number of aromatic hydroxyl groups is 1. The molecule has 2 aromatic carbocycles. The van der Waals surface area contributed by atoms with Crippen molar-refractivity contribution in [3.05, 3.63) is 73.9 Å². The molecule has 0 aliphatic heterocycles.